The summed E-state index contributed by atoms with van der Waals surface area (Å²) in [7, 11) is 0. The van der Waals surface area contributed by atoms with Crippen LogP contribution < -0.4 is 0 Å². The van der Waals surface area contributed by atoms with E-state index >= 15 is 0 Å². The summed E-state index contributed by atoms with van der Waals surface area (Å²) >= 11 is 0. The maximum atomic E-state index is 10.2. The van der Waals surface area contributed by atoms with Crippen LogP contribution in [0.4, 0.5) is 0 Å². The van der Waals surface area contributed by atoms with E-state index in [1.807, 2.05) is 6.08 Å². The first-order chi connectivity index (χ1) is 6.27. The van der Waals surface area contributed by atoms with Crippen LogP contribution >= 0.6 is 0 Å². The first-order valence-electron chi connectivity index (χ1n) is 5.10. The van der Waals surface area contributed by atoms with E-state index in [1.54, 1.807) is 0 Å². The van der Waals surface area contributed by atoms with Gasteiger partial charge >= 0.3 is 5.97 Å². The van der Waals surface area contributed by atoms with Crippen molar-refractivity contribution in [3.05, 3.63) is 12.7 Å². The summed E-state index contributed by atoms with van der Waals surface area (Å²) in [5.41, 5.74) is 0. The van der Waals surface area contributed by atoms with Gasteiger partial charge in [0.25, 0.3) is 0 Å². The predicted molar refractivity (Wildman–Crippen MR) is 60.5 cm³/mol. The van der Waals surface area contributed by atoms with Crippen molar-refractivity contribution in [3.63, 3.8) is 0 Å². The van der Waals surface area contributed by atoms with Crippen LogP contribution in [-0.2, 0) is 4.79 Å². The van der Waals surface area contributed by atoms with Crippen LogP contribution in [0.5, 0.6) is 0 Å². The molecule has 0 rings (SSSR count). The Hall–Kier alpha value is 0.132. The zero-order valence-corrected chi connectivity index (χ0v) is 12.7. The molecule has 14 heavy (non-hydrogen) atoms. The van der Waals surface area contributed by atoms with Crippen molar-refractivity contribution < 1.29 is 9.90 Å². The summed E-state index contributed by atoms with van der Waals surface area (Å²) in [5, 5.41) is 8.38. The number of hydrogen-bond donors (Lipinski definition) is 1. The Morgan fingerprint density at radius 3 is 2.07 bits per heavy atom. The van der Waals surface area contributed by atoms with Gasteiger partial charge in [0, 0.05) is 33.7 Å². The number of unbranched alkanes of at least 4 members (excludes halogenated alkanes) is 6. The third kappa shape index (κ3) is 14.6. The van der Waals surface area contributed by atoms with Gasteiger partial charge in [0.1, 0.15) is 0 Å². The first-order valence-corrected chi connectivity index (χ1v) is 5.10. The molecule has 0 saturated heterocycles. The number of carbonyl (C=O) groups is 1. The average Bonchev–Trinajstić information content (AvgIpc) is 2.09. The number of carboxylic acid groups (broad SMARTS) is 1. The first kappa shape index (κ1) is 16.6. The van der Waals surface area contributed by atoms with Crippen LogP contribution in [0.1, 0.15) is 51.4 Å². The maximum Gasteiger partial charge on any atom is 0.303 e. The minimum Gasteiger partial charge on any atom is -0.481 e. The molecule has 0 heterocycles. The van der Waals surface area contributed by atoms with Crippen molar-refractivity contribution in [1.29, 1.82) is 0 Å². The second-order valence-corrected chi connectivity index (χ2v) is 3.34. The number of allylic oxidation sites excluding steroid dienone is 1. The smallest absolute Gasteiger partial charge is 0.303 e. The summed E-state index contributed by atoms with van der Waals surface area (Å²) in [6.07, 6.45) is 10.1. The Morgan fingerprint density at radius 2 is 1.57 bits per heavy atom. The van der Waals surface area contributed by atoms with E-state index in [9.17, 15) is 4.79 Å². The monoisotopic (exact) mass is 392 g/mol. The summed E-state index contributed by atoms with van der Waals surface area (Å²) in [4.78, 5) is 10.2. The van der Waals surface area contributed by atoms with Crippen LogP contribution in [0.2, 0.25) is 0 Å². The van der Waals surface area contributed by atoms with Gasteiger partial charge in [0.2, 0.25) is 0 Å². The number of carboxylic acids is 1. The molecule has 0 atom stereocenters. The average molecular weight is 391 g/mol. The van der Waals surface area contributed by atoms with Crippen LogP contribution in [0.15, 0.2) is 12.7 Å². The van der Waals surface area contributed by atoms with E-state index in [0.29, 0.717) is 6.42 Å². The molecule has 0 fully saturated rings. The molecule has 0 aromatic rings. The minimum atomic E-state index is -0.674. The van der Waals surface area contributed by atoms with E-state index in [0.717, 1.165) is 19.3 Å². The molecule has 1 N–H and O–H groups in total. The van der Waals surface area contributed by atoms with Gasteiger partial charge in [0.15, 0.2) is 0 Å². The summed E-state index contributed by atoms with van der Waals surface area (Å²) in [6, 6.07) is 0. The Balaban J connectivity index is 0. The van der Waals surface area contributed by atoms with Gasteiger partial charge in [-0.1, -0.05) is 31.8 Å². The van der Waals surface area contributed by atoms with Crippen LogP contribution in [0.25, 0.3) is 0 Å². The van der Waals surface area contributed by atoms with Gasteiger partial charge in [-0.15, -0.1) is 6.58 Å². The van der Waals surface area contributed by atoms with Gasteiger partial charge in [-0.25, -0.2) is 0 Å². The Kier molecular flexibility index (Phi) is 15.5. The zero-order valence-electron chi connectivity index (χ0n) is 8.80. The standard InChI is InChI=1S/C11H20O2.Pb/c1-2-3-4-5-6-7-8-9-10-11(12)13;/h2H,1,3-10H2,(H,12,13);. The molecule has 0 aliphatic rings. The molecule has 0 bridgehead atoms. The Labute approximate surface area is 107 Å². The molecule has 0 aliphatic heterocycles. The molecule has 0 aromatic heterocycles. The molecular weight excluding hydrogens is 371 g/mol. The van der Waals surface area contributed by atoms with Crippen molar-refractivity contribution in [3.8, 4) is 0 Å². The van der Waals surface area contributed by atoms with E-state index in [-0.39, 0.29) is 27.3 Å². The molecule has 0 saturated carbocycles. The largest absolute Gasteiger partial charge is 0.481 e. The summed E-state index contributed by atoms with van der Waals surface area (Å²) < 4.78 is 0. The van der Waals surface area contributed by atoms with Gasteiger partial charge in [-0.2, -0.15) is 0 Å². The van der Waals surface area contributed by atoms with Crippen LogP contribution in [-0.4, -0.2) is 38.4 Å². The van der Waals surface area contributed by atoms with Crippen molar-refractivity contribution >= 4 is 33.3 Å². The predicted octanol–water partition coefficient (Wildman–Crippen LogP) is 3.00. The van der Waals surface area contributed by atoms with Gasteiger partial charge in [-0.3, -0.25) is 4.79 Å². The molecule has 80 valence electrons. The number of rotatable bonds is 9. The molecule has 0 unspecified atom stereocenters. The van der Waals surface area contributed by atoms with Crippen molar-refractivity contribution in [2.45, 2.75) is 51.4 Å². The molecule has 2 nitrogen and oxygen atoms in total. The fourth-order valence-corrected chi connectivity index (χ4v) is 1.27. The topological polar surface area (TPSA) is 37.3 Å². The fourth-order valence-electron chi connectivity index (χ4n) is 1.27. The molecular formula is C11H20O2Pb. The van der Waals surface area contributed by atoms with E-state index in [2.05, 4.69) is 6.58 Å². The van der Waals surface area contributed by atoms with Crippen molar-refractivity contribution in [2.75, 3.05) is 0 Å². The summed E-state index contributed by atoms with van der Waals surface area (Å²) in [5.74, 6) is -0.674. The number of aliphatic carboxylic acids is 1. The molecule has 0 aliphatic carbocycles. The summed E-state index contributed by atoms with van der Waals surface area (Å²) in [6.45, 7) is 3.66. The van der Waals surface area contributed by atoms with E-state index < -0.39 is 5.97 Å². The second-order valence-electron chi connectivity index (χ2n) is 3.34. The fraction of sp³-hybridized carbons (Fsp3) is 0.727. The Bertz CT molecular complexity index is 146. The normalized spacial score (nSPS) is 9.14. The van der Waals surface area contributed by atoms with E-state index in [4.69, 9.17) is 5.11 Å². The zero-order chi connectivity index (χ0) is 9.94. The molecule has 0 spiro atoms. The second kappa shape index (κ2) is 13.1. The number of hydrogen-bond acceptors (Lipinski definition) is 1. The van der Waals surface area contributed by atoms with E-state index in [1.165, 1.54) is 25.7 Å². The molecule has 0 amide bonds. The Morgan fingerprint density at radius 1 is 1.07 bits per heavy atom. The SMILES string of the molecule is C=CCCCCCCCCC(=O)O.[Pb]. The van der Waals surface area contributed by atoms with Gasteiger partial charge in [-0.05, 0) is 19.3 Å². The van der Waals surface area contributed by atoms with Gasteiger partial charge < -0.3 is 5.11 Å². The third-order valence-corrected chi connectivity index (χ3v) is 2.05. The molecule has 3 heteroatoms. The third-order valence-electron chi connectivity index (χ3n) is 2.05. The maximum absolute atomic E-state index is 10.2. The molecule has 0 aromatic carbocycles. The minimum absolute atomic E-state index is 0. The van der Waals surface area contributed by atoms with Crippen LogP contribution in [0.3, 0.4) is 0 Å². The van der Waals surface area contributed by atoms with Crippen molar-refractivity contribution in [2.24, 2.45) is 0 Å². The quantitative estimate of drug-likeness (QED) is 0.373. The van der Waals surface area contributed by atoms with Crippen LogP contribution in [0, 0.1) is 0 Å². The van der Waals surface area contributed by atoms with Crippen molar-refractivity contribution in [1.82, 2.24) is 0 Å². The molecule has 4 radical (unpaired) electrons. The van der Waals surface area contributed by atoms with Gasteiger partial charge in [0.05, 0.1) is 0 Å².